The molecule has 3 rings (SSSR count). The van der Waals surface area contributed by atoms with Gasteiger partial charge < -0.3 is 5.32 Å². The van der Waals surface area contributed by atoms with Crippen molar-refractivity contribution in [3.63, 3.8) is 0 Å². The van der Waals surface area contributed by atoms with Crippen LogP contribution in [-0.2, 0) is 6.42 Å². The summed E-state index contributed by atoms with van der Waals surface area (Å²) in [5, 5.41) is 3.88. The van der Waals surface area contributed by atoms with Gasteiger partial charge in [-0.05, 0) is 72.1 Å². The number of halogens is 1. The van der Waals surface area contributed by atoms with E-state index < -0.39 is 0 Å². The summed E-state index contributed by atoms with van der Waals surface area (Å²) in [6.07, 6.45) is 13.3. The van der Waals surface area contributed by atoms with Crippen molar-refractivity contribution in [3.8, 4) is 0 Å². The fourth-order valence-corrected chi connectivity index (χ4v) is 3.78. The minimum Gasteiger partial charge on any atom is -0.311 e. The van der Waals surface area contributed by atoms with Crippen LogP contribution in [-0.4, -0.2) is 17.1 Å². The maximum Gasteiger partial charge on any atom is 0.0410 e. The second-order valence-corrected chi connectivity index (χ2v) is 6.77. The van der Waals surface area contributed by atoms with E-state index in [4.69, 9.17) is 0 Å². The zero-order valence-corrected chi connectivity index (χ0v) is 12.4. The summed E-state index contributed by atoms with van der Waals surface area (Å²) in [5.41, 5.74) is 1.73. The highest BCUT2D eigenvalue weighted by Gasteiger charge is 2.44. The second-order valence-electron chi connectivity index (χ2n) is 5.86. The first-order valence-corrected chi connectivity index (χ1v) is 7.92. The molecule has 0 aromatic carbocycles. The van der Waals surface area contributed by atoms with E-state index in [9.17, 15) is 0 Å². The van der Waals surface area contributed by atoms with Crippen LogP contribution in [0.4, 0.5) is 0 Å². The van der Waals surface area contributed by atoms with Crippen LogP contribution in [0.2, 0.25) is 0 Å². The maximum atomic E-state index is 4.31. The van der Waals surface area contributed by atoms with E-state index in [1.54, 1.807) is 0 Å². The molecule has 1 saturated carbocycles. The van der Waals surface area contributed by atoms with E-state index in [0.29, 0.717) is 5.54 Å². The van der Waals surface area contributed by atoms with Crippen LogP contribution < -0.4 is 5.32 Å². The van der Waals surface area contributed by atoms with Crippen LogP contribution in [0.25, 0.3) is 0 Å². The highest BCUT2D eigenvalue weighted by atomic mass is 79.9. The molecule has 2 aliphatic rings. The Bertz CT molecular complexity index is 407. The molecule has 1 N–H and O–H groups in total. The first kappa shape index (κ1) is 12.6. The molecule has 0 amide bonds. The van der Waals surface area contributed by atoms with Crippen LogP contribution in [0.5, 0.6) is 0 Å². The number of hydrogen-bond donors (Lipinski definition) is 1. The average Bonchev–Trinajstić information content (AvgIpc) is 3.16. The van der Waals surface area contributed by atoms with E-state index >= 15 is 0 Å². The van der Waals surface area contributed by atoms with Gasteiger partial charge in [0.2, 0.25) is 0 Å². The fraction of sp³-hybridized carbons (Fsp3) is 0.667. The van der Waals surface area contributed by atoms with Crippen LogP contribution in [0, 0.1) is 5.92 Å². The van der Waals surface area contributed by atoms with Gasteiger partial charge in [-0.25, -0.2) is 0 Å². The smallest absolute Gasteiger partial charge is 0.0410 e. The van der Waals surface area contributed by atoms with Crippen LogP contribution in [0.1, 0.15) is 44.1 Å². The molecule has 1 aromatic heterocycles. The van der Waals surface area contributed by atoms with Gasteiger partial charge in [-0.2, -0.15) is 0 Å². The van der Waals surface area contributed by atoms with E-state index in [0.717, 1.165) is 16.8 Å². The highest BCUT2D eigenvalue weighted by Crippen LogP contribution is 2.45. The van der Waals surface area contributed by atoms with Gasteiger partial charge in [0.1, 0.15) is 0 Å². The molecular weight excluding hydrogens is 288 g/mol. The molecule has 1 aliphatic heterocycles. The van der Waals surface area contributed by atoms with Crippen molar-refractivity contribution in [2.75, 3.05) is 6.54 Å². The molecule has 1 aliphatic carbocycles. The standard InChI is InChI=1S/C15H21BrN2/c16-14-8-12(10-17-11-14)9-15(13-4-5-13)6-2-1-3-7-18-15/h8,10-11,13,18H,1-7,9H2. The number of nitrogens with one attached hydrogen (secondary N) is 1. The predicted octanol–water partition coefficient (Wildman–Crippen LogP) is 3.70. The molecule has 0 radical (unpaired) electrons. The number of nitrogens with zero attached hydrogens (tertiary/aromatic N) is 1. The molecule has 0 spiro atoms. The van der Waals surface area contributed by atoms with Crippen LogP contribution in [0.15, 0.2) is 22.9 Å². The first-order chi connectivity index (χ1) is 8.78. The number of pyridine rings is 1. The molecule has 2 fully saturated rings. The Morgan fingerprint density at radius 1 is 1.28 bits per heavy atom. The van der Waals surface area contributed by atoms with Crippen molar-refractivity contribution in [2.24, 2.45) is 5.92 Å². The predicted molar refractivity (Wildman–Crippen MR) is 77.6 cm³/mol. The summed E-state index contributed by atoms with van der Waals surface area (Å²) in [4.78, 5) is 4.31. The van der Waals surface area contributed by atoms with Crippen molar-refractivity contribution >= 4 is 15.9 Å². The molecule has 2 heterocycles. The van der Waals surface area contributed by atoms with Crippen molar-refractivity contribution in [1.29, 1.82) is 0 Å². The van der Waals surface area contributed by atoms with E-state index in [-0.39, 0.29) is 0 Å². The zero-order chi connectivity index (χ0) is 12.4. The van der Waals surface area contributed by atoms with Gasteiger partial charge in [0.15, 0.2) is 0 Å². The highest BCUT2D eigenvalue weighted by molar-refractivity contribution is 9.10. The van der Waals surface area contributed by atoms with E-state index in [1.807, 2.05) is 12.4 Å². The van der Waals surface area contributed by atoms with Gasteiger partial charge in [-0.15, -0.1) is 0 Å². The monoisotopic (exact) mass is 308 g/mol. The summed E-state index contributed by atoms with van der Waals surface area (Å²) in [5.74, 6) is 0.898. The Balaban J connectivity index is 1.81. The zero-order valence-electron chi connectivity index (χ0n) is 10.8. The Hall–Kier alpha value is -0.410. The molecule has 0 bridgehead atoms. The molecular formula is C15H21BrN2. The Labute approximate surface area is 118 Å². The minimum absolute atomic E-state index is 0.360. The molecule has 18 heavy (non-hydrogen) atoms. The van der Waals surface area contributed by atoms with E-state index in [2.05, 4.69) is 32.3 Å². The van der Waals surface area contributed by atoms with Gasteiger partial charge in [-0.3, -0.25) is 4.98 Å². The van der Waals surface area contributed by atoms with Gasteiger partial charge in [0, 0.05) is 22.4 Å². The molecule has 98 valence electrons. The molecule has 3 heteroatoms. The molecule has 1 saturated heterocycles. The van der Waals surface area contributed by atoms with E-state index in [1.165, 1.54) is 50.6 Å². The lowest BCUT2D eigenvalue weighted by atomic mass is 9.82. The Kier molecular flexibility index (Phi) is 3.71. The van der Waals surface area contributed by atoms with Crippen molar-refractivity contribution in [3.05, 3.63) is 28.5 Å². The van der Waals surface area contributed by atoms with Gasteiger partial charge in [0.05, 0.1) is 0 Å². The summed E-state index contributed by atoms with van der Waals surface area (Å²) in [6, 6.07) is 2.23. The number of rotatable bonds is 3. The average molecular weight is 309 g/mol. The number of hydrogen-bond acceptors (Lipinski definition) is 2. The lowest BCUT2D eigenvalue weighted by Gasteiger charge is -2.34. The quantitative estimate of drug-likeness (QED) is 0.921. The lowest BCUT2D eigenvalue weighted by molar-refractivity contribution is 0.270. The first-order valence-electron chi connectivity index (χ1n) is 7.13. The lowest BCUT2D eigenvalue weighted by Crippen LogP contribution is -2.48. The topological polar surface area (TPSA) is 24.9 Å². The minimum atomic E-state index is 0.360. The third-order valence-corrected chi connectivity index (χ3v) is 4.85. The van der Waals surface area contributed by atoms with Crippen molar-refractivity contribution in [2.45, 2.75) is 50.5 Å². The molecule has 1 aromatic rings. The normalized spacial score (nSPS) is 28.9. The van der Waals surface area contributed by atoms with Gasteiger partial charge in [-0.1, -0.05) is 12.8 Å². The fourth-order valence-electron chi connectivity index (χ4n) is 3.36. The van der Waals surface area contributed by atoms with Crippen LogP contribution in [0.3, 0.4) is 0 Å². The second kappa shape index (κ2) is 5.30. The van der Waals surface area contributed by atoms with Gasteiger partial charge >= 0.3 is 0 Å². The summed E-state index contributed by atoms with van der Waals surface area (Å²) in [7, 11) is 0. The summed E-state index contributed by atoms with van der Waals surface area (Å²) < 4.78 is 1.10. The largest absolute Gasteiger partial charge is 0.311 e. The van der Waals surface area contributed by atoms with Gasteiger partial charge in [0.25, 0.3) is 0 Å². The third kappa shape index (κ3) is 2.77. The third-order valence-electron chi connectivity index (χ3n) is 4.42. The Morgan fingerprint density at radius 3 is 2.94 bits per heavy atom. The van der Waals surface area contributed by atoms with Crippen molar-refractivity contribution in [1.82, 2.24) is 10.3 Å². The Morgan fingerprint density at radius 2 is 2.17 bits per heavy atom. The molecule has 1 unspecified atom stereocenters. The molecule has 2 nitrogen and oxygen atoms in total. The summed E-state index contributed by atoms with van der Waals surface area (Å²) >= 11 is 3.53. The SMILES string of the molecule is Brc1cncc(CC2(C3CC3)CCCCCN2)c1. The molecule has 1 atom stereocenters. The van der Waals surface area contributed by atoms with Crippen LogP contribution >= 0.6 is 15.9 Å². The maximum absolute atomic E-state index is 4.31. The van der Waals surface area contributed by atoms with Crippen molar-refractivity contribution < 1.29 is 0 Å². The summed E-state index contributed by atoms with van der Waals surface area (Å²) in [6.45, 7) is 1.19. The number of aromatic nitrogens is 1.